The fourth-order valence-electron chi connectivity index (χ4n) is 6.84. The smallest absolute Gasteiger partial charge is 0.254 e. The zero-order chi connectivity index (χ0) is 25.8. The molecular formula is C30H39ClN4O3. The van der Waals surface area contributed by atoms with Crippen molar-refractivity contribution in [2.45, 2.75) is 57.2 Å². The Kier molecular flexibility index (Phi) is 7.33. The molecule has 4 aliphatic heterocycles. The molecular weight excluding hydrogens is 500 g/mol. The molecule has 7 nitrogen and oxygen atoms in total. The van der Waals surface area contributed by atoms with E-state index in [9.17, 15) is 14.7 Å². The lowest BCUT2D eigenvalue weighted by atomic mass is 9.72. The summed E-state index contributed by atoms with van der Waals surface area (Å²) in [6.07, 6.45) is 2.35. The third-order valence-electron chi connectivity index (χ3n) is 9.09. The molecule has 1 spiro atoms. The summed E-state index contributed by atoms with van der Waals surface area (Å²) in [7, 11) is 0. The molecule has 4 heterocycles. The average molecular weight is 539 g/mol. The van der Waals surface area contributed by atoms with Gasteiger partial charge in [0.1, 0.15) is 0 Å². The molecule has 0 unspecified atom stereocenters. The van der Waals surface area contributed by atoms with E-state index in [2.05, 4.69) is 36.6 Å². The second-order valence-electron chi connectivity index (χ2n) is 12.3. The predicted octanol–water partition coefficient (Wildman–Crippen LogP) is 2.74. The zero-order valence-corrected chi connectivity index (χ0v) is 23.2. The Labute approximate surface area is 231 Å². The van der Waals surface area contributed by atoms with Crippen molar-refractivity contribution < 1.29 is 14.7 Å². The summed E-state index contributed by atoms with van der Waals surface area (Å²) >= 11 is 0. The van der Waals surface area contributed by atoms with Crippen LogP contribution in [0.1, 0.15) is 64.1 Å². The number of hydrogen-bond acceptors (Lipinski definition) is 5. The minimum atomic E-state index is -0.663. The first-order valence-corrected chi connectivity index (χ1v) is 13.7. The van der Waals surface area contributed by atoms with E-state index in [1.807, 2.05) is 35.2 Å². The summed E-state index contributed by atoms with van der Waals surface area (Å²) in [5.41, 5.74) is 4.73. The van der Waals surface area contributed by atoms with Gasteiger partial charge >= 0.3 is 0 Å². The van der Waals surface area contributed by atoms with Crippen LogP contribution in [-0.2, 0) is 18.4 Å². The van der Waals surface area contributed by atoms with Crippen LogP contribution in [0.5, 0.6) is 0 Å². The number of rotatable bonds is 4. The number of carbonyl (C=O) groups excluding carboxylic acids is 2. The fourth-order valence-corrected chi connectivity index (χ4v) is 6.84. The molecule has 6 rings (SSSR count). The topological polar surface area (TPSA) is 84.9 Å². The minimum absolute atomic E-state index is 0. The van der Waals surface area contributed by atoms with Crippen LogP contribution in [0.15, 0.2) is 42.5 Å². The average Bonchev–Trinajstić information content (AvgIpc) is 2.89. The van der Waals surface area contributed by atoms with E-state index in [0.717, 1.165) is 57.5 Å². The van der Waals surface area contributed by atoms with Gasteiger partial charge in [-0.1, -0.05) is 38.1 Å². The molecule has 38 heavy (non-hydrogen) atoms. The molecule has 204 valence electrons. The maximum absolute atomic E-state index is 13.5. The Morgan fingerprint density at radius 2 is 1.79 bits per heavy atom. The highest BCUT2D eigenvalue weighted by Gasteiger charge is 2.46. The molecule has 8 heteroatoms. The molecule has 0 bridgehead atoms. The highest BCUT2D eigenvalue weighted by Crippen LogP contribution is 2.40. The second-order valence-corrected chi connectivity index (χ2v) is 12.3. The van der Waals surface area contributed by atoms with E-state index in [1.165, 1.54) is 11.1 Å². The van der Waals surface area contributed by atoms with E-state index in [1.54, 1.807) is 4.90 Å². The number of aliphatic hydroxyl groups is 1. The predicted molar refractivity (Wildman–Crippen MR) is 150 cm³/mol. The number of nitrogens with zero attached hydrogens (tertiary/aromatic N) is 2. The molecule has 4 aliphatic rings. The number of hydrogen-bond donors (Lipinski definition) is 3. The Morgan fingerprint density at radius 3 is 2.53 bits per heavy atom. The number of carbonyl (C=O) groups is 2. The summed E-state index contributed by atoms with van der Waals surface area (Å²) in [5.74, 6) is -0.00194. The first kappa shape index (κ1) is 27.1. The number of aliphatic hydroxyl groups excluding tert-OH is 1. The third kappa shape index (κ3) is 4.86. The van der Waals surface area contributed by atoms with E-state index < -0.39 is 6.10 Å². The summed E-state index contributed by atoms with van der Waals surface area (Å²) in [6, 6.07) is 13.8. The highest BCUT2D eigenvalue weighted by molar-refractivity contribution is 6.00. The lowest BCUT2D eigenvalue weighted by Gasteiger charge is -2.52. The maximum atomic E-state index is 13.5. The molecule has 0 aromatic heterocycles. The second kappa shape index (κ2) is 10.3. The Hall–Kier alpha value is -2.45. The number of likely N-dealkylation sites (tertiary alicyclic amines) is 1. The van der Waals surface area contributed by atoms with Crippen molar-refractivity contribution in [3.8, 4) is 0 Å². The number of benzene rings is 2. The number of nitrogens with one attached hydrogen (secondary N) is 2. The minimum Gasteiger partial charge on any atom is -0.390 e. The molecule has 2 fully saturated rings. The third-order valence-corrected chi connectivity index (χ3v) is 9.09. The van der Waals surface area contributed by atoms with E-state index in [-0.39, 0.29) is 42.2 Å². The van der Waals surface area contributed by atoms with Crippen molar-refractivity contribution in [2.24, 2.45) is 5.41 Å². The van der Waals surface area contributed by atoms with Gasteiger partial charge in [0.05, 0.1) is 6.10 Å². The number of halogens is 1. The molecule has 0 aliphatic carbocycles. The number of fused-ring (bicyclic) bond motifs is 2. The number of piperidine rings is 1. The van der Waals surface area contributed by atoms with Crippen LogP contribution in [0.4, 0.5) is 0 Å². The van der Waals surface area contributed by atoms with Crippen LogP contribution >= 0.6 is 12.4 Å². The zero-order valence-electron chi connectivity index (χ0n) is 22.3. The summed E-state index contributed by atoms with van der Waals surface area (Å²) < 4.78 is 0. The Morgan fingerprint density at radius 1 is 1.08 bits per heavy atom. The molecule has 0 saturated carbocycles. The first-order chi connectivity index (χ1) is 17.7. The van der Waals surface area contributed by atoms with Gasteiger partial charge in [-0.05, 0) is 67.2 Å². The van der Waals surface area contributed by atoms with Crippen molar-refractivity contribution in [1.82, 2.24) is 20.4 Å². The van der Waals surface area contributed by atoms with Crippen LogP contribution in [0, 0.1) is 5.41 Å². The lowest BCUT2D eigenvalue weighted by molar-refractivity contribution is -0.0113. The van der Waals surface area contributed by atoms with Crippen LogP contribution in [0.3, 0.4) is 0 Å². The van der Waals surface area contributed by atoms with Gasteiger partial charge in [-0.3, -0.25) is 9.59 Å². The van der Waals surface area contributed by atoms with Gasteiger partial charge < -0.3 is 25.5 Å². The maximum Gasteiger partial charge on any atom is 0.254 e. The van der Waals surface area contributed by atoms with Crippen molar-refractivity contribution >= 4 is 24.2 Å². The van der Waals surface area contributed by atoms with Crippen molar-refractivity contribution in [1.29, 1.82) is 0 Å². The molecule has 3 N–H and O–H groups in total. The van der Waals surface area contributed by atoms with Crippen LogP contribution in [-0.4, -0.2) is 78.1 Å². The van der Waals surface area contributed by atoms with Crippen molar-refractivity contribution in [3.05, 3.63) is 70.3 Å². The molecule has 2 atom stereocenters. The SMILES string of the molecule is CC1(C)CN(C[C@@H](O)[C@@H]2Cc3ccccc3CN2)C(=O)c2ccc(C(=O)N3CC4(CCNCC4)C3)cc21.Cl. The lowest BCUT2D eigenvalue weighted by Crippen LogP contribution is -2.61. The monoisotopic (exact) mass is 538 g/mol. The summed E-state index contributed by atoms with van der Waals surface area (Å²) in [5, 5.41) is 18.0. The van der Waals surface area contributed by atoms with E-state index in [0.29, 0.717) is 23.1 Å². The molecule has 2 saturated heterocycles. The van der Waals surface area contributed by atoms with Crippen LogP contribution in [0.25, 0.3) is 0 Å². The standard InChI is InChI=1S/C30H38N4O3.ClH/c1-29(2)17-33(16-26(35)25-14-20-5-3-4-6-22(20)15-32-25)28(37)23-8-7-21(13-24(23)29)27(36)34-18-30(19-34)9-11-31-12-10-30;/h3-8,13,25-26,31-32,35H,9-12,14-19H2,1-2H3;1H/t25-,26+;/m0./s1. The molecule has 0 radical (unpaired) electrons. The van der Waals surface area contributed by atoms with Gasteiger partial charge in [0.15, 0.2) is 0 Å². The fraction of sp³-hybridized carbons (Fsp3) is 0.533. The van der Waals surface area contributed by atoms with Gasteiger partial charge in [0.25, 0.3) is 11.8 Å². The Bertz CT molecular complexity index is 1220. The normalized spacial score (nSPS) is 24.1. The van der Waals surface area contributed by atoms with Gasteiger partial charge in [-0.15, -0.1) is 12.4 Å². The number of amides is 2. The van der Waals surface area contributed by atoms with Crippen LogP contribution in [0.2, 0.25) is 0 Å². The van der Waals surface area contributed by atoms with Gasteiger partial charge in [0.2, 0.25) is 0 Å². The Balaban J connectivity index is 0.00000294. The van der Waals surface area contributed by atoms with Gasteiger partial charge in [0, 0.05) is 60.7 Å². The molecule has 2 aromatic carbocycles. The van der Waals surface area contributed by atoms with E-state index in [4.69, 9.17) is 0 Å². The van der Waals surface area contributed by atoms with Gasteiger partial charge in [-0.25, -0.2) is 0 Å². The van der Waals surface area contributed by atoms with Gasteiger partial charge in [-0.2, -0.15) is 0 Å². The molecule has 2 aromatic rings. The quantitative estimate of drug-likeness (QED) is 0.557. The van der Waals surface area contributed by atoms with Crippen molar-refractivity contribution in [3.63, 3.8) is 0 Å². The largest absolute Gasteiger partial charge is 0.390 e. The summed E-state index contributed by atoms with van der Waals surface area (Å²) in [6.45, 7) is 9.49. The van der Waals surface area contributed by atoms with Crippen molar-refractivity contribution in [2.75, 3.05) is 39.3 Å². The number of β-amino-alcohol motifs (C(OH)–C–C–N with tert-alkyl or cyclic N) is 1. The highest BCUT2D eigenvalue weighted by atomic mass is 35.5. The van der Waals surface area contributed by atoms with Crippen LogP contribution < -0.4 is 10.6 Å². The summed E-state index contributed by atoms with van der Waals surface area (Å²) in [4.78, 5) is 30.5. The van der Waals surface area contributed by atoms with E-state index >= 15 is 0 Å². The first-order valence-electron chi connectivity index (χ1n) is 13.7. The molecule has 2 amide bonds.